The van der Waals surface area contributed by atoms with Crippen LogP contribution < -0.4 is 14.9 Å². The van der Waals surface area contributed by atoms with Gasteiger partial charge in [-0.3, -0.25) is 10.2 Å². The Labute approximate surface area is 141 Å². The lowest BCUT2D eigenvalue weighted by atomic mass is 10.2. The highest BCUT2D eigenvalue weighted by atomic mass is 16.6. The average molecular weight is 324 g/mol. The highest BCUT2D eigenvalue weighted by Gasteiger charge is 2.32. The third kappa shape index (κ3) is 3.93. The average Bonchev–Trinajstić information content (AvgIpc) is 3.43. The Balaban J connectivity index is 1.68. The number of anilines is 1. The van der Waals surface area contributed by atoms with Crippen LogP contribution in [0.1, 0.15) is 24.0 Å². The summed E-state index contributed by atoms with van der Waals surface area (Å²) in [6.07, 6.45) is 3.52. The number of ether oxygens (including phenoxy) is 2. The molecule has 1 aliphatic carbocycles. The molecule has 0 amide bonds. The van der Waals surface area contributed by atoms with Gasteiger partial charge in [0.25, 0.3) is 0 Å². The van der Waals surface area contributed by atoms with Gasteiger partial charge < -0.3 is 9.47 Å². The summed E-state index contributed by atoms with van der Waals surface area (Å²) in [4.78, 5) is 11.8. The molecule has 0 unspecified atom stereocenters. The van der Waals surface area contributed by atoms with Crippen molar-refractivity contribution in [2.75, 3.05) is 12.5 Å². The van der Waals surface area contributed by atoms with Gasteiger partial charge >= 0.3 is 5.97 Å². The number of aryl methyl sites for hydroxylation is 1. The molecule has 1 N–H and O–H groups in total. The number of rotatable bonds is 6. The van der Waals surface area contributed by atoms with Crippen molar-refractivity contribution in [3.05, 3.63) is 53.6 Å². The number of nitrogens with one attached hydrogen (secondary N) is 1. The maximum Gasteiger partial charge on any atom is 0.314 e. The topological polar surface area (TPSA) is 59.9 Å². The standard InChI is InChI=1S/C19H20N2O3/c1-13-5-3-4-6-16(13)21-20-12-14-7-10-17(18(11-14)23-2)24-19(22)15-8-9-15/h3-7,10-12,15,21H,8-9H2,1-2H3/b20-12-. The van der Waals surface area contributed by atoms with Crippen molar-refractivity contribution in [2.24, 2.45) is 11.0 Å². The van der Waals surface area contributed by atoms with Crippen LogP contribution in [0, 0.1) is 12.8 Å². The van der Waals surface area contributed by atoms with E-state index in [4.69, 9.17) is 9.47 Å². The first kappa shape index (κ1) is 16.1. The normalized spacial score (nSPS) is 13.8. The number of hydrazone groups is 1. The fourth-order valence-corrected chi connectivity index (χ4v) is 2.23. The fraction of sp³-hybridized carbons (Fsp3) is 0.263. The first-order valence-electron chi connectivity index (χ1n) is 7.92. The van der Waals surface area contributed by atoms with Crippen molar-refractivity contribution in [1.82, 2.24) is 0 Å². The number of carbonyl (C=O) groups is 1. The lowest BCUT2D eigenvalue weighted by Crippen LogP contribution is -2.10. The molecule has 24 heavy (non-hydrogen) atoms. The second kappa shape index (κ2) is 7.17. The predicted octanol–water partition coefficient (Wildman–Crippen LogP) is 3.77. The summed E-state index contributed by atoms with van der Waals surface area (Å²) in [5, 5.41) is 4.24. The summed E-state index contributed by atoms with van der Waals surface area (Å²) in [6.45, 7) is 2.02. The van der Waals surface area contributed by atoms with Crippen molar-refractivity contribution < 1.29 is 14.3 Å². The molecule has 0 aliphatic heterocycles. The molecule has 0 atom stereocenters. The number of benzene rings is 2. The Kier molecular flexibility index (Phi) is 4.79. The van der Waals surface area contributed by atoms with Gasteiger partial charge in [-0.1, -0.05) is 18.2 Å². The van der Waals surface area contributed by atoms with E-state index in [2.05, 4.69) is 10.5 Å². The molecule has 0 radical (unpaired) electrons. The predicted molar refractivity (Wildman–Crippen MR) is 93.7 cm³/mol. The molecule has 0 bridgehead atoms. The summed E-state index contributed by atoms with van der Waals surface area (Å²) in [5.41, 5.74) is 5.93. The van der Waals surface area contributed by atoms with Gasteiger partial charge in [0.05, 0.1) is 24.9 Å². The molecular formula is C19H20N2O3. The Bertz CT molecular complexity index is 767. The molecule has 1 saturated carbocycles. The minimum Gasteiger partial charge on any atom is -0.493 e. The first-order valence-corrected chi connectivity index (χ1v) is 7.92. The van der Waals surface area contributed by atoms with Crippen molar-refractivity contribution in [3.63, 3.8) is 0 Å². The minimum atomic E-state index is -0.184. The van der Waals surface area contributed by atoms with Gasteiger partial charge in [-0.05, 0) is 55.2 Å². The first-order chi connectivity index (χ1) is 11.7. The quantitative estimate of drug-likeness (QED) is 0.380. The Morgan fingerprint density at radius 3 is 2.71 bits per heavy atom. The van der Waals surface area contributed by atoms with Gasteiger partial charge in [0.1, 0.15) is 0 Å². The molecule has 5 heteroatoms. The number of esters is 1. The highest BCUT2D eigenvalue weighted by molar-refractivity contribution is 5.83. The molecule has 0 heterocycles. The Morgan fingerprint density at radius 1 is 1.21 bits per heavy atom. The number of carbonyl (C=O) groups excluding carboxylic acids is 1. The molecule has 1 fully saturated rings. The van der Waals surface area contributed by atoms with Crippen molar-refractivity contribution in [3.8, 4) is 11.5 Å². The van der Waals surface area contributed by atoms with Crippen LogP contribution in [-0.2, 0) is 4.79 Å². The third-order valence-electron chi connectivity index (χ3n) is 3.85. The zero-order valence-corrected chi connectivity index (χ0v) is 13.8. The van der Waals surface area contributed by atoms with E-state index in [9.17, 15) is 4.79 Å². The molecule has 5 nitrogen and oxygen atoms in total. The minimum absolute atomic E-state index is 0.0502. The molecule has 2 aromatic rings. The van der Waals surface area contributed by atoms with Gasteiger partial charge in [0, 0.05) is 0 Å². The molecule has 0 aromatic heterocycles. The second-order valence-electron chi connectivity index (χ2n) is 5.79. The summed E-state index contributed by atoms with van der Waals surface area (Å²) in [6, 6.07) is 13.3. The lowest BCUT2D eigenvalue weighted by molar-refractivity contribution is -0.135. The van der Waals surface area contributed by atoms with Crippen molar-refractivity contribution in [2.45, 2.75) is 19.8 Å². The zero-order valence-electron chi connectivity index (χ0n) is 13.8. The van der Waals surface area contributed by atoms with E-state index >= 15 is 0 Å². The van der Waals surface area contributed by atoms with Crippen molar-refractivity contribution >= 4 is 17.9 Å². The van der Waals surface area contributed by atoms with E-state index in [1.54, 1.807) is 25.5 Å². The van der Waals surface area contributed by atoms with Gasteiger partial charge in [0.2, 0.25) is 0 Å². The maximum atomic E-state index is 11.8. The second-order valence-corrected chi connectivity index (χ2v) is 5.79. The SMILES string of the molecule is COc1cc(/C=N\Nc2ccccc2C)ccc1OC(=O)C1CC1. The molecule has 0 saturated heterocycles. The van der Waals surface area contributed by atoms with E-state index in [1.165, 1.54) is 0 Å². The smallest absolute Gasteiger partial charge is 0.314 e. The van der Waals surface area contributed by atoms with Gasteiger partial charge in [-0.15, -0.1) is 0 Å². The molecule has 0 spiro atoms. The molecule has 2 aromatic carbocycles. The largest absolute Gasteiger partial charge is 0.493 e. The van der Waals surface area contributed by atoms with Gasteiger partial charge in [-0.2, -0.15) is 5.10 Å². The van der Waals surface area contributed by atoms with Crippen LogP contribution in [0.25, 0.3) is 0 Å². The Morgan fingerprint density at radius 2 is 2.00 bits per heavy atom. The molecule has 124 valence electrons. The van der Waals surface area contributed by atoms with Crippen LogP contribution in [0.4, 0.5) is 5.69 Å². The van der Waals surface area contributed by atoms with Crippen LogP contribution in [0.15, 0.2) is 47.6 Å². The van der Waals surface area contributed by atoms with Gasteiger partial charge in [0.15, 0.2) is 11.5 Å². The number of para-hydroxylation sites is 1. The summed E-state index contributed by atoms with van der Waals surface area (Å²) < 4.78 is 10.7. The third-order valence-corrected chi connectivity index (χ3v) is 3.85. The molecular weight excluding hydrogens is 304 g/mol. The van der Waals surface area contributed by atoms with E-state index < -0.39 is 0 Å². The van der Waals surface area contributed by atoms with Crippen LogP contribution in [0.3, 0.4) is 0 Å². The van der Waals surface area contributed by atoms with Crippen LogP contribution in [-0.4, -0.2) is 19.3 Å². The number of hydrogen-bond acceptors (Lipinski definition) is 5. The summed E-state index contributed by atoms with van der Waals surface area (Å²) in [7, 11) is 1.55. The van der Waals surface area contributed by atoms with E-state index in [-0.39, 0.29) is 11.9 Å². The number of hydrogen-bond donors (Lipinski definition) is 1. The maximum absolute atomic E-state index is 11.8. The lowest BCUT2D eigenvalue weighted by Gasteiger charge is -2.09. The highest BCUT2D eigenvalue weighted by Crippen LogP contribution is 2.34. The monoisotopic (exact) mass is 324 g/mol. The van der Waals surface area contributed by atoms with E-state index in [0.29, 0.717) is 11.5 Å². The Hall–Kier alpha value is -2.82. The van der Waals surface area contributed by atoms with Crippen LogP contribution in [0.2, 0.25) is 0 Å². The van der Waals surface area contributed by atoms with Gasteiger partial charge in [-0.25, -0.2) is 0 Å². The number of nitrogens with zero attached hydrogens (tertiary/aromatic N) is 1. The van der Waals surface area contributed by atoms with E-state index in [1.807, 2.05) is 37.3 Å². The number of methoxy groups -OCH3 is 1. The van der Waals surface area contributed by atoms with Crippen LogP contribution in [0.5, 0.6) is 11.5 Å². The zero-order chi connectivity index (χ0) is 16.9. The summed E-state index contributed by atoms with van der Waals surface area (Å²) in [5.74, 6) is 0.826. The van der Waals surface area contributed by atoms with Crippen LogP contribution >= 0.6 is 0 Å². The molecule has 3 rings (SSSR count). The fourth-order valence-electron chi connectivity index (χ4n) is 2.23. The molecule has 1 aliphatic rings. The van der Waals surface area contributed by atoms with E-state index in [0.717, 1.165) is 29.7 Å². The van der Waals surface area contributed by atoms with Crippen molar-refractivity contribution in [1.29, 1.82) is 0 Å². The summed E-state index contributed by atoms with van der Waals surface area (Å²) >= 11 is 0.